The van der Waals surface area contributed by atoms with Gasteiger partial charge in [0.25, 0.3) is 5.56 Å². The van der Waals surface area contributed by atoms with Crippen LogP contribution < -0.4 is 11.2 Å². The highest BCUT2D eigenvalue weighted by Crippen LogP contribution is 2.28. The fourth-order valence-corrected chi connectivity index (χ4v) is 4.70. The summed E-state index contributed by atoms with van der Waals surface area (Å²) in [6, 6.07) is 5.47. The number of halogens is 2. The fourth-order valence-electron chi connectivity index (χ4n) is 4.38. The molecular formula is C20H22Cl2N2O2. The first kappa shape index (κ1) is 17.9. The Kier molecular flexibility index (Phi) is 4.98. The number of benzene rings is 1. The summed E-state index contributed by atoms with van der Waals surface area (Å²) in [4.78, 5) is 26.3. The Bertz CT molecular complexity index is 956. The van der Waals surface area contributed by atoms with Crippen molar-refractivity contribution < 1.29 is 0 Å². The molecule has 2 aromatic rings. The molecule has 1 saturated carbocycles. The molecule has 0 amide bonds. The van der Waals surface area contributed by atoms with Gasteiger partial charge in [-0.05, 0) is 49.8 Å². The van der Waals surface area contributed by atoms with Crippen LogP contribution in [0, 0.1) is 0 Å². The van der Waals surface area contributed by atoms with Crippen LogP contribution in [0.3, 0.4) is 0 Å². The van der Waals surface area contributed by atoms with E-state index in [4.69, 9.17) is 23.2 Å². The maximum absolute atomic E-state index is 13.3. The molecule has 1 aromatic heterocycles. The van der Waals surface area contributed by atoms with Crippen molar-refractivity contribution >= 4 is 23.2 Å². The van der Waals surface area contributed by atoms with Gasteiger partial charge in [-0.2, -0.15) is 0 Å². The lowest BCUT2D eigenvalue weighted by Gasteiger charge is -2.25. The van der Waals surface area contributed by atoms with Crippen molar-refractivity contribution in [3.05, 3.63) is 65.9 Å². The van der Waals surface area contributed by atoms with Crippen LogP contribution in [0.25, 0.3) is 0 Å². The molecule has 1 fully saturated rings. The topological polar surface area (TPSA) is 44.0 Å². The van der Waals surface area contributed by atoms with E-state index >= 15 is 0 Å². The molecule has 0 bridgehead atoms. The maximum Gasteiger partial charge on any atom is 0.331 e. The largest absolute Gasteiger partial charge is 0.331 e. The molecule has 138 valence electrons. The molecule has 0 atom stereocenters. The Morgan fingerprint density at radius 2 is 1.73 bits per heavy atom. The van der Waals surface area contributed by atoms with Gasteiger partial charge in [-0.25, -0.2) is 4.79 Å². The number of aromatic nitrogens is 2. The van der Waals surface area contributed by atoms with Gasteiger partial charge in [-0.1, -0.05) is 48.5 Å². The zero-order valence-electron chi connectivity index (χ0n) is 14.6. The summed E-state index contributed by atoms with van der Waals surface area (Å²) < 4.78 is 3.33. The van der Waals surface area contributed by atoms with Crippen LogP contribution in [0.4, 0.5) is 0 Å². The van der Waals surface area contributed by atoms with Crippen molar-refractivity contribution in [2.45, 2.75) is 64.0 Å². The molecule has 0 aliphatic heterocycles. The second kappa shape index (κ2) is 7.24. The minimum atomic E-state index is -0.173. The fraction of sp³-hybridized carbons (Fsp3) is 0.500. The number of rotatable bonds is 3. The Morgan fingerprint density at radius 3 is 2.46 bits per heavy atom. The Hall–Kier alpha value is -1.52. The molecule has 0 radical (unpaired) electrons. The van der Waals surface area contributed by atoms with Gasteiger partial charge in [0.15, 0.2) is 0 Å². The van der Waals surface area contributed by atoms with Gasteiger partial charge >= 0.3 is 5.69 Å². The molecule has 4 rings (SSSR count). The first-order chi connectivity index (χ1) is 12.6. The Balaban J connectivity index is 1.83. The van der Waals surface area contributed by atoms with Gasteiger partial charge in [-0.3, -0.25) is 13.9 Å². The monoisotopic (exact) mass is 392 g/mol. The molecule has 0 spiro atoms. The van der Waals surface area contributed by atoms with Crippen LogP contribution in [0.1, 0.15) is 61.4 Å². The zero-order valence-corrected chi connectivity index (χ0v) is 16.2. The number of hydrogen-bond donors (Lipinski definition) is 0. The highest BCUT2D eigenvalue weighted by Gasteiger charge is 2.27. The van der Waals surface area contributed by atoms with Gasteiger partial charge in [0.2, 0.25) is 0 Å². The Labute approximate surface area is 162 Å². The van der Waals surface area contributed by atoms with Crippen LogP contribution in [0.2, 0.25) is 10.0 Å². The summed E-state index contributed by atoms with van der Waals surface area (Å²) in [5, 5.41) is 0.981. The Morgan fingerprint density at radius 1 is 0.962 bits per heavy atom. The lowest BCUT2D eigenvalue weighted by atomic mass is 9.95. The number of nitrogens with zero attached hydrogens (tertiary/aromatic N) is 2. The SMILES string of the molecule is O=c1c2c(n(Cc3ccc(Cl)c(Cl)c3)c(=O)n1C1CCCCC1)CCC2. The van der Waals surface area contributed by atoms with Crippen molar-refractivity contribution in [3.8, 4) is 0 Å². The summed E-state index contributed by atoms with van der Waals surface area (Å²) >= 11 is 12.2. The molecular weight excluding hydrogens is 371 g/mol. The first-order valence-corrected chi connectivity index (χ1v) is 10.1. The van der Waals surface area contributed by atoms with E-state index in [0.29, 0.717) is 16.6 Å². The average molecular weight is 393 g/mol. The summed E-state index contributed by atoms with van der Waals surface area (Å²) in [7, 11) is 0. The first-order valence-electron chi connectivity index (χ1n) is 9.37. The van der Waals surface area contributed by atoms with Gasteiger partial charge in [0.1, 0.15) is 0 Å². The summed E-state index contributed by atoms with van der Waals surface area (Å²) in [6.45, 7) is 0.422. The van der Waals surface area contributed by atoms with Gasteiger partial charge in [-0.15, -0.1) is 0 Å². The van der Waals surface area contributed by atoms with Crippen molar-refractivity contribution in [2.24, 2.45) is 0 Å². The van der Waals surface area contributed by atoms with E-state index in [1.165, 1.54) is 6.42 Å². The molecule has 2 aliphatic carbocycles. The lowest BCUT2D eigenvalue weighted by Crippen LogP contribution is -2.45. The minimum Gasteiger partial charge on any atom is -0.293 e. The van der Waals surface area contributed by atoms with E-state index in [-0.39, 0.29) is 17.3 Å². The average Bonchev–Trinajstić information content (AvgIpc) is 3.13. The van der Waals surface area contributed by atoms with E-state index in [1.807, 2.05) is 6.07 Å². The summed E-state index contributed by atoms with van der Waals surface area (Å²) in [6.07, 6.45) is 7.67. The standard InChI is InChI=1S/C20H22Cl2N2O2/c21-16-10-9-13(11-17(16)22)12-23-18-8-4-7-15(18)19(25)24(20(23)26)14-5-2-1-3-6-14/h9-11,14H,1-8,12H2. The van der Waals surface area contributed by atoms with E-state index in [2.05, 4.69) is 0 Å². The van der Waals surface area contributed by atoms with Crippen molar-refractivity contribution in [1.82, 2.24) is 9.13 Å². The normalized spacial score (nSPS) is 17.5. The van der Waals surface area contributed by atoms with Gasteiger partial charge in [0, 0.05) is 17.3 Å². The predicted molar refractivity (Wildman–Crippen MR) is 105 cm³/mol. The molecule has 1 aromatic carbocycles. The van der Waals surface area contributed by atoms with Crippen LogP contribution >= 0.6 is 23.2 Å². The van der Waals surface area contributed by atoms with Crippen LogP contribution in [-0.2, 0) is 19.4 Å². The molecule has 2 aliphatic rings. The molecule has 0 N–H and O–H groups in total. The zero-order chi connectivity index (χ0) is 18.3. The van der Waals surface area contributed by atoms with E-state index in [1.54, 1.807) is 21.3 Å². The summed E-state index contributed by atoms with van der Waals surface area (Å²) in [5.74, 6) is 0. The quantitative estimate of drug-likeness (QED) is 0.778. The highest BCUT2D eigenvalue weighted by molar-refractivity contribution is 6.42. The van der Waals surface area contributed by atoms with Crippen LogP contribution in [-0.4, -0.2) is 9.13 Å². The van der Waals surface area contributed by atoms with Gasteiger partial charge in [0.05, 0.1) is 16.6 Å². The van der Waals surface area contributed by atoms with E-state index in [9.17, 15) is 9.59 Å². The summed E-state index contributed by atoms with van der Waals surface area (Å²) in [5.41, 5.74) is 2.42. The molecule has 4 nitrogen and oxygen atoms in total. The third-order valence-corrected chi connectivity index (χ3v) is 6.43. The van der Waals surface area contributed by atoms with E-state index < -0.39 is 0 Å². The van der Waals surface area contributed by atoms with Gasteiger partial charge < -0.3 is 0 Å². The second-order valence-corrected chi connectivity index (χ2v) is 8.18. The van der Waals surface area contributed by atoms with Crippen molar-refractivity contribution in [3.63, 3.8) is 0 Å². The van der Waals surface area contributed by atoms with E-state index in [0.717, 1.165) is 61.8 Å². The molecule has 0 unspecified atom stereocenters. The second-order valence-electron chi connectivity index (χ2n) is 7.36. The predicted octanol–water partition coefficient (Wildman–Crippen LogP) is 4.36. The van der Waals surface area contributed by atoms with Crippen molar-refractivity contribution in [1.29, 1.82) is 0 Å². The molecule has 26 heavy (non-hydrogen) atoms. The molecule has 6 heteroatoms. The third kappa shape index (κ3) is 3.14. The minimum absolute atomic E-state index is 0.0368. The lowest BCUT2D eigenvalue weighted by molar-refractivity contribution is 0.328. The van der Waals surface area contributed by atoms with Crippen LogP contribution in [0.5, 0.6) is 0 Å². The number of hydrogen-bond acceptors (Lipinski definition) is 2. The van der Waals surface area contributed by atoms with Crippen molar-refractivity contribution in [2.75, 3.05) is 0 Å². The van der Waals surface area contributed by atoms with Crippen LogP contribution in [0.15, 0.2) is 27.8 Å². The highest BCUT2D eigenvalue weighted by atomic mass is 35.5. The molecule has 0 saturated heterocycles. The number of fused-ring (bicyclic) bond motifs is 1. The maximum atomic E-state index is 13.3. The molecule has 1 heterocycles. The smallest absolute Gasteiger partial charge is 0.293 e. The third-order valence-electron chi connectivity index (χ3n) is 5.69.